The molecule has 1 aliphatic carbocycles. The van der Waals surface area contributed by atoms with Gasteiger partial charge < -0.3 is 5.32 Å². The monoisotopic (exact) mass is 571 g/mol. The first-order valence-electron chi connectivity index (χ1n) is 12.3. The lowest BCUT2D eigenvalue weighted by molar-refractivity contribution is -0.162. The van der Waals surface area contributed by atoms with Crippen LogP contribution in [0.4, 0.5) is 19.0 Å². The molecule has 11 nitrogen and oxygen atoms in total. The van der Waals surface area contributed by atoms with E-state index in [1.165, 1.54) is 18.6 Å². The van der Waals surface area contributed by atoms with Gasteiger partial charge in [-0.15, -0.1) is 0 Å². The molecular weight excluding hydrogens is 547 g/mol. The van der Waals surface area contributed by atoms with Crippen molar-refractivity contribution in [3.8, 4) is 11.4 Å². The van der Waals surface area contributed by atoms with Gasteiger partial charge in [-0.3, -0.25) is 14.3 Å². The van der Waals surface area contributed by atoms with E-state index in [4.69, 9.17) is 0 Å². The van der Waals surface area contributed by atoms with Crippen LogP contribution in [0.5, 0.6) is 0 Å². The average Bonchev–Trinajstić information content (AvgIpc) is 3.76. The third-order valence-electron chi connectivity index (χ3n) is 6.58. The Morgan fingerprint density at radius 3 is 2.52 bits per heavy atom. The van der Waals surface area contributed by atoms with E-state index in [9.17, 15) is 22.2 Å². The second-order valence-electron chi connectivity index (χ2n) is 9.37. The van der Waals surface area contributed by atoms with Crippen molar-refractivity contribution in [3.05, 3.63) is 57.8 Å². The minimum Gasteiger partial charge on any atom is -0.360 e. The largest absolute Gasteiger partial charge is 0.409 e. The molecule has 4 aromatic rings. The summed E-state index contributed by atoms with van der Waals surface area (Å²) in [7, 11) is -1.66. The van der Waals surface area contributed by atoms with Crippen molar-refractivity contribution < 1.29 is 17.4 Å². The van der Waals surface area contributed by atoms with E-state index in [1.807, 2.05) is 0 Å². The number of hydrogen-bond acceptors (Lipinski definition) is 9. The van der Waals surface area contributed by atoms with Gasteiger partial charge in [-0.2, -0.15) is 17.6 Å². The molecule has 40 heavy (non-hydrogen) atoms. The molecule has 208 valence electrons. The van der Waals surface area contributed by atoms with Crippen molar-refractivity contribution in [2.75, 3.05) is 5.32 Å². The number of pyridine rings is 1. The Hall–Kier alpha value is -4.14. The van der Waals surface area contributed by atoms with Crippen LogP contribution in [-0.4, -0.2) is 51.6 Å². The first kappa shape index (κ1) is 27.4. The zero-order chi connectivity index (χ0) is 28.8. The number of anilines is 1. The molecule has 1 saturated carbocycles. The number of alkyl halides is 3. The summed E-state index contributed by atoms with van der Waals surface area (Å²) in [5.74, 6) is 0.0295. The standard InChI is InChI=1S/C25H24F3N9O2S/c1-12-18(20(15-5-6-15)33-11-32-12)21-34-13(2)19-23(36-21)37(14(3)25(26,27)28)24(38)22(35-19)31-9-16-7-8-17(10-30-16)40(39)29-4/h7-8,10-11,14-15H,4-6,9H2,1-3H3,(H,31,35)/t14-,40?/m0/s1. The van der Waals surface area contributed by atoms with Gasteiger partial charge in [-0.25, -0.2) is 29.1 Å². The molecule has 0 aromatic carbocycles. The van der Waals surface area contributed by atoms with Crippen molar-refractivity contribution in [2.45, 2.75) is 63.2 Å². The summed E-state index contributed by atoms with van der Waals surface area (Å²) < 4.78 is 57.8. The van der Waals surface area contributed by atoms with Crippen LogP contribution < -0.4 is 10.9 Å². The number of fused-ring (bicyclic) bond motifs is 1. The minimum absolute atomic E-state index is 0.0358. The number of halogens is 3. The van der Waals surface area contributed by atoms with Gasteiger partial charge in [0.1, 0.15) is 17.9 Å². The Kier molecular flexibility index (Phi) is 7.16. The van der Waals surface area contributed by atoms with Crippen molar-refractivity contribution in [1.82, 2.24) is 34.5 Å². The Morgan fingerprint density at radius 2 is 1.90 bits per heavy atom. The fourth-order valence-corrected chi connectivity index (χ4v) is 4.73. The number of aromatic nitrogens is 7. The SMILES string of the molecule is C=NS(=O)c1ccc(CNc2nc3c(C)nc(-c4c(C)ncnc4C4CC4)nc3n([C@@H](C)C(F)(F)F)c2=O)nc1. The van der Waals surface area contributed by atoms with E-state index in [1.54, 1.807) is 19.9 Å². The molecule has 1 unspecified atom stereocenters. The molecule has 0 saturated heterocycles. The summed E-state index contributed by atoms with van der Waals surface area (Å²) in [4.78, 5) is 39.9. The highest BCUT2D eigenvalue weighted by atomic mass is 32.2. The number of rotatable bonds is 8. The van der Waals surface area contributed by atoms with Gasteiger partial charge in [0.25, 0.3) is 5.56 Å². The fourth-order valence-electron chi connectivity index (χ4n) is 4.26. The molecule has 4 heterocycles. The maximum Gasteiger partial charge on any atom is 0.409 e. The lowest BCUT2D eigenvalue weighted by atomic mass is 10.1. The van der Waals surface area contributed by atoms with Gasteiger partial charge in [0.05, 0.1) is 39.8 Å². The van der Waals surface area contributed by atoms with Crippen LogP contribution in [0.3, 0.4) is 0 Å². The molecule has 0 bridgehead atoms. The zero-order valence-electron chi connectivity index (χ0n) is 21.7. The number of aryl methyl sites for hydroxylation is 2. The van der Waals surface area contributed by atoms with Crippen LogP contribution in [0.15, 0.2) is 38.7 Å². The second-order valence-corrected chi connectivity index (χ2v) is 10.6. The Bertz CT molecular complexity index is 1700. The van der Waals surface area contributed by atoms with Gasteiger partial charge in [0.2, 0.25) is 0 Å². The molecule has 5 rings (SSSR count). The third kappa shape index (κ3) is 5.20. The molecule has 0 radical (unpaired) electrons. The highest BCUT2D eigenvalue weighted by molar-refractivity contribution is 7.83. The molecule has 0 spiro atoms. The van der Waals surface area contributed by atoms with Gasteiger partial charge >= 0.3 is 6.18 Å². The van der Waals surface area contributed by atoms with Crippen molar-refractivity contribution in [3.63, 3.8) is 0 Å². The van der Waals surface area contributed by atoms with E-state index in [0.29, 0.717) is 26.4 Å². The van der Waals surface area contributed by atoms with E-state index >= 15 is 0 Å². The summed E-state index contributed by atoms with van der Waals surface area (Å²) in [5.41, 5.74) is 1.40. The fraction of sp³-hybridized carbons (Fsp3) is 0.360. The molecular formula is C25H24F3N9O2S. The minimum atomic E-state index is -4.74. The third-order valence-corrected chi connectivity index (χ3v) is 7.46. The van der Waals surface area contributed by atoms with Gasteiger partial charge in [-0.1, -0.05) is 0 Å². The number of nitrogens with zero attached hydrogens (tertiary/aromatic N) is 8. The van der Waals surface area contributed by atoms with Crippen molar-refractivity contribution in [1.29, 1.82) is 0 Å². The Morgan fingerprint density at radius 1 is 1.15 bits per heavy atom. The van der Waals surface area contributed by atoms with Crippen LogP contribution >= 0.6 is 0 Å². The van der Waals surface area contributed by atoms with Crippen molar-refractivity contribution in [2.24, 2.45) is 4.40 Å². The van der Waals surface area contributed by atoms with E-state index in [-0.39, 0.29) is 41.0 Å². The van der Waals surface area contributed by atoms with Crippen LogP contribution in [0.1, 0.15) is 54.5 Å². The molecule has 1 aliphatic rings. The van der Waals surface area contributed by atoms with Crippen LogP contribution in [0.2, 0.25) is 0 Å². The molecule has 0 amide bonds. The summed E-state index contributed by atoms with van der Waals surface area (Å²) in [6.07, 6.45) is -0.0956. The molecule has 4 aromatic heterocycles. The first-order valence-corrected chi connectivity index (χ1v) is 13.4. The van der Waals surface area contributed by atoms with E-state index in [0.717, 1.165) is 25.5 Å². The lowest BCUT2D eigenvalue weighted by Gasteiger charge is -2.22. The maximum absolute atomic E-state index is 14.0. The molecule has 1 N–H and O–H groups in total. The van der Waals surface area contributed by atoms with Gasteiger partial charge in [0, 0.05) is 18.8 Å². The van der Waals surface area contributed by atoms with Crippen LogP contribution in [0.25, 0.3) is 22.6 Å². The summed E-state index contributed by atoms with van der Waals surface area (Å²) >= 11 is 0. The smallest absolute Gasteiger partial charge is 0.360 e. The van der Waals surface area contributed by atoms with Crippen LogP contribution in [-0.2, 0) is 17.5 Å². The molecule has 15 heteroatoms. The highest BCUT2D eigenvalue weighted by Crippen LogP contribution is 2.43. The van der Waals surface area contributed by atoms with E-state index < -0.39 is 28.8 Å². The van der Waals surface area contributed by atoms with Crippen molar-refractivity contribution >= 4 is 34.7 Å². The first-order chi connectivity index (χ1) is 19.0. The van der Waals surface area contributed by atoms with E-state index in [2.05, 4.69) is 46.3 Å². The van der Waals surface area contributed by atoms with Crippen LogP contribution in [0, 0.1) is 13.8 Å². The lowest BCUT2D eigenvalue weighted by Crippen LogP contribution is -2.35. The summed E-state index contributed by atoms with van der Waals surface area (Å²) in [5, 5.41) is 2.78. The predicted octanol–water partition coefficient (Wildman–Crippen LogP) is 3.99. The molecule has 1 fully saturated rings. The number of hydrogen-bond donors (Lipinski definition) is 1. The summed E-state index contributed by atoms with van der Waals surface area (Å²) in [6.45, 7) is 7.44. The normalized spacial score (nSPS) is 15.2. The van der Waals surface area contributed by atoms with Gasteiger partial charge in [0.15, 0.2) is 28.3 Å². The Labute approximate surface area is 228 Å². The predicted molar refractivity (Wildman–Crippen MR) is 142 cm³/mol. The quantitative estimate of drug-likeness (QED) is 0.311. The molecule has 2 atom stereocenters. The van der Waals surface area contributed by atoms with Gasteiger partial charge in [-0.05, 0) is 45.7 Å². The summed E-state index contributed by atoms with van der Waals surface area (Å²) in [6, 6.07) is 0.867. The topological polar surface area (TPSA) is 141 Å². The average molecular weight is 572 g/mol. The Balaban J connectivity index is 1.62. The molecule has 0 aliphatic heterocycles. The number of nitrogens with one attached hydrogen (secondary N) is 1. The second kappa shape index (κ2) is 10.4. The maximum atomic E-state index is 14.0. The zero-order valence-corrected chi connectivity index (χ0v) is 22.5. The highest BCUT2D eigenvalue weighted by Gasteiger charge is 2.40.